The molecule has 1 aliphatic heterocycles. The minimum absolute atomic E-state index is 0.0839. The summed E-state index contributed by atoms with van der Waals surface area (Å²) in [5.74, 6) is 0.967. The first kappa shape index (κ1) is 16.2. The van der Waals surface area contributed by atoms with E-state index in [1.165, 1.54) is 6.20 Å². The third-order valence-electron chi connectivity index (χ3n) is 4.45. The first-order chi connectivity index (χ1) is 11.7. The van der Waals surface area contributed by atoms with Crippen LogP contribution in [-0.4, -0.2) is 41.0 Å². The lowest BCUT2D eigenvalue weighted by Crippen LogP contribution is -2.40. The van der Waals surface area contributed by atoms with Crippen LogP contribution in [0.25, 0.3) is 0 Å². The molecule has 1 aliphatic rings. The Kier molecular flexibility index (Phi) is 4.93. The van der Waals surface area contributed by atoms with Crippen LogP contribution in [0.5, 0.6) is 5.75 Å². The molecule has 1 aromatic carbocycles. The Hall–Kier alpha value is -2.63. The second-order valence-electron chi connectivity index (χ2n) is 6.00. The second kappa shape index (κ2) is 7.29. The minimum atomic E-state index is -0.343. The number of hydrogen-bond acceptors (Lipinski definition) is 4. The third-order valence-corrected chi connectivity index (χ3v) is 4.45. The summed E-state index contributed by atoms with van der Waals surface area (Å²) in [5.41, 5.74) is 1.40. The molecule has 0 saturated carbocycles. The van der Waals surface area contributed by atoms with Crippen molar-refractivity contribution >= 4 is 5.91 Å². The molecule has 1 atom stereocenters. The van der Waals surface area contributed by atoms with Gasteiger partial charge in [-0.1, -0.05) is 18.2 Å². The van der Waals surface area contributed by atoms with Crippen molar-refractivity contribution in [3.8, 4) is 5.75 Å². The van der Waals surface area contributed by atoms with Gasteiger partial charge in [-0.15, -0.1) is 0 Å². The molecule has 2 heterocycles. The van der Waals surface area contributed by atoms with Crippen molar-refractivity contribution in [3.05, 3.63) is 58.3 Å². The first-order valence-corrected chi connectivity index (χ1v) is 8.12. The van der Waals surface area contributed by atoms with E-state index in [9.17, 15) is 9.59 Å². The lowest BCUT2D eigenvalue weighted by atomic mass is 9.94. The molecule has 1 saturated heterocycles. The number of aromatic nitrogens is 2. The molecular weight excluding hydrogens is 306 g/mol. The molecule has 3 rings (SSSR count). The summed E-state index contributed by atoms with van der Waals surface area (Å²) in [7, 11) is 1.61. The Morgan fingerprint density at radius 3 is 3.00 bits per heavy atom. The highest BCUT2D eigenvalue weighted by Crippen LogP contribution is 2.26. The Labute approximate surface area is 140 Å². The fourth-order valence-electron chi connectivity index (χ4n) is 3.20. The van der Waals surface area contributed by atoms with Gasteiger partial charge < -0.3 is 14.6 Å². The van der Waals surface area contributed by atoms with E-state index in [0.717, 1.165) is 36.4 Å². The third kappa shape index (κ3) is 3.64. The predicted octanol–water partition coefficient (Wildman–Crippen LogP) is 1.73. The van der Waals surface area contributed by atoms with Crippen LogP contribution >= 0.6 is 0 Å². The van der Waals surface area contributed by atoms with Crippen molar-refractivity contribution in [1.82, 2.24) is 14.9 Å². The Morgan fingerprint density at radius 1 is 1.38 bits per heavy atom. The highest BCUT2D eigenvalue weighted by Gasteiger charge is 2.25. The summed E-state index contributed by atoms with van der Waals surface area (Å²) in [6, 6.07) is 9.40. The van der Waals surface area contributed by atoms with Gasteiger partial charge in [0.05, 0.1) is 13.5 Å². The van der Waals surface area contributed by atoms with E-state index >= 15 is 0 Å². The van der Waals surface area contributed by atoms with Crippen LogP contribution in [0.3, 0.4) is 0 Å². The van der Waals surface area contributed by atoms with Gasteiger partial charge in [-0.25, -0.2) is 9.78 Å². The van der Waals surface area contributed by atoms with Gasteiger partial charge in [0.1, 0.15) is 5.75 Å². The SMILES string of the molecule is COc1ccccc1CC(=O)N1CCC[C@@H](c2ccnc(=O)[nH]2)C1. The Balaban J connectivity index is 1.70. The minimum Gasteiger partial charge on any atom is -0.496 e. The number of methoxy groups -OCH3 is 1. The van der Waals surface area contributed by atoms with Crippen LogP contribution in [-0.2, 0) is 11.2 Å². The van der Waals surface area contributed by atoms with Crippen molar-refractivity contribution in [2.45, 2.75) is 25.2 Å². The summed E-state index contributed by atoms with van der Waals surface area (Å²) >= 11 is 0. The number of carbonyl (C=O) groups excluding carboxylic acids is 1. The fourth-order valence-corrected chi connectivity index (χ4v) is 3.20. The Bertz CT molecular complexity index is 772. The molecule has 0 unspecified atom stereocenters. The molecule has 6 nitrogen and oxygen atoms in total. The van der Waals surface area contributed by atoms with Gasteiger partial charge in [0.2, 0.25) is 5.91 Å². The highest BCUT2D eigenvalue weighted by atomic mass is 16.5. The Morgan fingerprint density at radius 2 is 2.21 bits per heavy atom. The lowest BCUT2D eigenvalue weighted by molar-refractivity contribution is -0.131. The van der Waals surface area contributed by atoms with Gasteiger partial charge in [-0.2, -0.15) is 0 Å². The number of hydrogen-bond donors (Lipinski definition) is 1. The summed E-state index contributed by atoms with van der Waals surface area (Å²) in [6.45, 7) is 1.37. The average Bonchev–Trinajstić information content (AvgIpc) is 2.62. The summed E-state index contributed by atoms with van der Waals surface area (Å²) in [5, 5.41) is 0. The molecule has 0 spiro atoms. The molecule has 0 aliphatic carbocycles. The van der Waals surface area contributed by atoms with E-state index in [4.69, 9.17) is 4.74 Å². The van der Waals surface area contributed by atoms with E-state index in [2.05, 4.69) is 9.97 Å². The van der Waals surface area contributed by atoms with Crippen LogP contribution in [0.1, 0.15) is 30.0 Å². The lowest BCUT2D eigenvalue weighted by Gasteiger charge is -2.33. The van der Waals surface area contributed by atoms with Gasteiger partial charge in [0.25, 0.3) is 0 Å². The van der Waals surface area contributed by atoms with Gasteiger partial charge in [0, 0.05) is 36.5 Å². The van der Waals surface area contributed by atoms with Gasteiger partial charge >= 0.3 is 5.69 Å². The number of aromatic amines is 1. The number of amides is 1. The average molecular weight is 327 g/mol. The molecule has 1 fully saturated rings. The molecule has 1 N–H and O–H groups in total. The molecule has 1 aromatic heterocycles. The van der Waals surface area contributed by atoms with E-state index < -0.39 is 0 Å². The zero-order chi connectivity index (χ0) is 16.9. The smallest absolute Gasteiger partial charge is 0.345 e. The number of likely N-dealkylation sites (tertiary alicyclic amines) is 1. The maximum absolute atomic E-state index is 12.7. The number of nitrogens with one attached hydrogen (secondary N) is 1. The van der Waals surface area contributed by atoms with E-state index in [1.807, 2.05) is 35.2 Å². The van der Waals surface area contributed by atoms with E-state index in [-0.39, 0.29) is 17.5 Å². The monoisotopic (exact) mass is 327 g/mol. The number of H-pyrrole nitrogens is 1. The molecule has 126 valence electrons. The normalized spacial score (nSPS) is 17.5. The molecule has 6 heteroatoms. The van der Waals surface area contributed by atoms with Crippen molar-refractivity contribution < 1.29 is 9.53 Å². The number of carbonyl (C=O) groups is 1. The number of para-hydroxylation sites is 1. The zero-order valence-corrected chi connectivity index (χ0v) is 13.7. The van der Waals surface area contributed by atoms with Crippen molar-refractivity contribution in [3.63, 3.8) is 0 Å². The van der Waals surface area contributed by atoms with Crippen molar-refractivity contribution in [1.29, 1.82) is 0 Å². The van der Waals surface area contributed by atoms with Crippen molar-refractivity contribution in [2.75, 3.05) is 20.2 Å². The van der Waals surface area contributed by atoms with Crippen LogP contribution in [0.4, 0.5) is 0 Å². The summed E-state index contributed by atoms with van der Waals surface area (Å²) in [6.07, 6.45) is 3.72. The quantitative estimate of drug-likeness (QED) is 0.928. The molecule has 0 bridgehead atoms. The molecule has 2 aromatic rings. The molecule has 0 radical (unpaired) electrons. The van der Waals surface area contributed by atoms with Crippen LogP contribution < -0.4 is 10.4 Å². The molecule has 1 amide bonds. The number of piperidine rings is 1. The van der Waals surface area contributed by atoms with E-state index in [1.54, 1.807) is 7.11 Å². The fraction of sp³-hybridized carbons (Fsp3) is 0.389. The topological polar surface area (TPSA) is 75.3 Å². The van der Waals surface area contributed by atoms with Crippen LogP contribution in [0.2, 0.25) is 0 Å². The number of rotatable bonds is 4. The number of benzene rings is 1. The summed E-state index contributed by atoms with van der Waals surface area (Å²) < 4.78 is 5.32. The number of nitrogens with zero attached hydrogens (tertiary/aromatic N) is 2. The van der Waals surface area contributed by atoms with Gasteiger partial charge in [-0.05, 0) is 25.0 Å². The first-order valence-electron chi connectivity index (χ1n) is 8.12. The molecular formula is C18H21N3O3. The van der Waals surface area contributed by atoms with Gasteiger partial charge in [0.15, 0.2) is 0 Å². The second-order valence-corrected chi connectivity index (χ2v) is 6.00. The predicted molar refractivity (Wildman–Crippen MR) is 90.1 cm³/mol. The zero-order valence-electron chi connectivity index (χ0n) is 13.7. The van der Waals surface area contributed by atoms with E-state index in [0.29, 0.717) is 13.0 Å². The largest absolute Gasteiger partial charge is 0.496 e. The molecule has 24 heavy (non-hydrogen) atoms. The van der Waals surface area contributed by atoms with Crippen LogP contribution in [0, 0.1) is 0 Å². The van der Waals surface area contributed by atoms with Crippen molar-refractivity contribution in [2.24, 2.45) is 0 Å². The standard InChI is InChI=1S/C18H21N3O3/c1-24-16-7-3-2-5-13(16)11-17(22)21-10-4-6-14(12-21)15-8-9-19-18(23)20-15/h2-3,5,7-9,14H,4,6,10-12H2,1H3,(H,19,20,23)/t14-/m1/s1. The number of ether oxygens (including phenoxy) is 1. The van der Waals surface area contributed by atoms with Gasteiger partial charge in [-0.3, -0.25) is 4.79 Å². The highest BCUT2D eigenvalue weighted by molar-refractivity contribution is 5.79. The maximum Gasteiger partial charge on any atom is 0.345 e. The summed E-state index contributed by atoms with van der Waals surface area (Å²) in [4.78, 5) is 32.4. The maximum atomic E-state index is 12.7. The van der Waals surface area contributed by atoms with Crippen LogP contribution in [0.15, 0.2) is 41.3 Å².